The first-order valence-corrected chi connectivity index (χ1v) is 0.507. The Morgan fingerprint density at radius 1 is 1.25 bits per heavy atom. The molecule has 3 N–H and O–H groups in total. The van der Waals surface area contributed by atoms with Gasteiger partial charge in [0.2, 0.25) is 0 Å². The van der Waals surface area contributed by atoms with Crippen molar-refractivity contribution in [2.75, 3.05) is 0 Å². The first-order chi connectivity index (χ1) is 1.00. The average Bonchev–Trinajstić information content (AvgIpc) is 1.00. The molecule has 0 heterocycles. The summed E-state index contributed by atoms with van der Waals surface area (Å²) in [6.45, 7) is 0. The zero-order valence-corrected chi connectivity index (χ0v) is 2.08. The van der Waals surface area contributed by atoms with Crippen molar-refractivity contribution < 1.29 is 10.1 Å². The van der Waals surface area contributed by atoms with Gasteiger partial charge in [-0.25, -0.2) is 0 Å². The molecular weight excluding hydrogens is 91.8 g/mol. The zero-order valence-electron chi connectivity index (χ0n) is 1.33. The summed E-state index contributed by atoms with van der Waals surface area (Å²) in [5.74, 6) is 0. The zero-order chi connectivity index (χ0) is 2.00. The summed E-state index contributed by atoms with van der Waals surface area (Å²) in [4.78, 5) is 0. The van der Waals surface area contributed by atoms with E-state index in [9.17, 15) is 0 Å². The molecule has 0 rings (SSSR count). The predicted octanol–water partition coefficient (Wildman–Crippen LogP) is -1.61. The van der Waals surface area contributed by atoms with Crippen molar-refractivity contribution in [3.63, 3.8) is 0 Å². The van der Waals surface area contributed by atoms with Crippen molar-refractivity contribution in [2.45, 2.75) is 0 Å². The lowest BCUT2D eigenvalue weighted by atomic mass is 15.9. The minimum atomic E-state index is 0. The van der Waals surface area contributed by atoms with E-state index in [1.165, 1.54) is 0 Å². The second-order valence-corrected chi connectivity index (χ2v) is 0. The Bertz CT molecular complexity index is 6.00. The van der Waals surface area contributed by atoms with Crippen LogP contribution in [-0.2, 0) is 0 Å². The first-order valence-electron chi connectivity index (χ1n) is 0.169. The van der Waals surface area contributed by atoms with Gasteiger partial charge in [0.1, 0.15) is 0 Å². The maximum Gasteiger partial charge on any atom is 0.316 e. The Morgan fingerprint density at radius 3 is 1.25 bits per heavy atom. The third kappa shape index (κ3) is 12.2. The summed E-state index contributed by atoms with van der Waals surface area (Å²) in [5, 5.41) is 0. The van der Waals surface area contributed by atoms with Gasteiger partial charge < -0.3 is 5.48 Å². The molecule has 0 aliphatic carbocycles. The van der Waals surface area contributed by atoms with Crippen LogP contribution >= 0.6 is 11.9 Å². The van der Waals surface area contributed by atoms with Crippen LogP contribution in [0.3, 0.4) is 0 Å². The second-order valence-electron chi connectivity index (χ2n) is 0. The van der Waals surface area contributed by atoms with E-state index in [1.807, 2.05) is 0 Å². The number of hydrogen-bond acceptors (Lipinski definition) is 1. The van der Waals surface area contributed by atoms with Crippen molar-refractivity contribution in [1.82, 2.24) is 0 Å². The molecule has 0 bridgehead atoms. The molecule has 0 aromatic heterocycles. The van der Waals surface area contributed by atoms with Gasteiger partial charge >= 0.3 is 23.1 Å². The van der Waals surface area contributed by atoms with E-state index in [2.05, 4.69) is 11.9 Å². The molecule has 0 aromatic rings. The third-order valence-corrected chi connectivity index (χ3v) is 0. The molecule has 0 unspecified atom stereocenters. The SMILES string of the molecule is O.OCl.[MgH2]. The van der Waals surface area contributed by atoms with Gasteiger partial charge in [-0.1, -0.05) is 0 Å². The van der Waals surface area contributed by atoms with Crippen LogP contribution in [-0.4, -0.2) is 33.2 Å². The van der Waals surface area contributed by atoms with Crippen molar-refractivity contribution >= 4 is 34.9 Å². The van der Waals surface area contributed by atoms with Gasteiger partial charge in [-0.15, -0.1) is 0 Å². The highest BCUT2D eigenvalue weighted by Gasteiger charge is 0.897. The summed E-state index contributed by atoms with van der Waals surface area (Å²) >= 11 is 3.64. The van der Waals surface area contributed by atoms with Crippen molar-refractivity contribution in [2.24, 2.45) is 0 Å². The first kappa shape index (κ1) is 20.1. The van der Waals surface area contributed by atoms with E-state index in [-0.39, 0.29) is 28.5 Å². The van der Waals surface area contributed by atoms with Crippen LogP contribution in [0.4, 0.5) is 0 Å². The number of halogens is 1. The Morgan fingerprint density at radius 2 is 1.25 bits per heavy atom. The lowest BCUT2D eigenvalue weighted by Gasteiger charge is -1.13. The molecule has 4 heteroatoms. The largest absolute Gasteiger partial charge is 0.412 e. The fourth-order valence-corrected chi connectivity index (χ4v) is 0. The maximum absolute atomic E-state index is 6.47. The van der Waals surface area contributed by atoms with E-state index < -0.39 is 0 Å². The molecule has 0 radical (unpaired) electrons. The maximum atomic E-state index is 6.47. The third-order valence-electron chi connectivity index (χ3n) is 0. The predicted molar refractivity (Wildman–Crippen MR) is 20.2 cm³/mol. The minimum Gasteiger partial charge on any atom is -0.412 e. The normalized spacial score (nSPS) is 1.50. The van der Waals surface area contributed by atoms with Gasteiger partial charge in [0.05, 0.1) is 11.9 Å². The lowest BCUT2D eigenvalue weighted by molar-refractivity contribution is 0.632. The molecule has 0 spiro atoms. The lowest BCUT2D eigenvalue weighted by Crippen LogP contribution is -0.913. The minimum absolute atomic E-state index is 0. The quantitative estimate of drug-likeness (QED) is 0.363. The topological polar surface area (TPSA) is 51.7 Å². The molecule has 0 saturated heterocycles. The highest BCUT2D eigenvalue weighted by Crippen LogP contribution is 1.31. The van der Waals surface area contributed by atoms with E-state index in [4.69, 9.17) is 4.66 Å². The molecule has 2 nitrogen and oxygen atoms in total. The summed E-state index contributed by atoms with van der Waals surface area (Å²) in [5.41, 5.74) is 0. The van der Waals surface area contributed by atoms with Gasteiger partial charge in [-0.05, 0) is 0 Å². The highest BCUT2D eigenvalue weighted by atomic mass is 35.5. The van der Waals surface area contributed by atoms with E-state index in [1.54, 1.807) is 0 Å². The molecular formula is H5ClMgO2. The summed E-state index contributed by atoms with van der Waals surface area (Å²) in [7, 11) is 0. The fraction of sp³-hybridized carbons (Fsp3) is 0. The Hall–Kier alpha value is 0.976. The molecule has 0 aliphatic rings. The average molecular weight is 96.8 g/mol. The van der Waals surface area contributed by atoms with Gasteiger partial charge in [0.25, 0.3) is 0 Å². The van der Waals surface area contributed by atoms with Crippen LogP contribution in [0.2, 0.25) is 0 Å². The molecule has 26 valence electrons. The van der Waals surface area contributed by atoms with Gasteiger partial charge in [-0.2, -0.15) is 0 Å². The molecule has 0 aliphatic heterocycles. The van der Waals surface area contributed by atoms with Crippen LogP contribution in [0.15, 0.2) is 0 Å². The summed E-state index contributed by atoms with van der Waals surface area (Å²) in [6.07, 6.45) is 0. The monoisotopic (exact) mass is 96.0 g/mol. The van der Waals surface area contributed by atoms with Gasteiger partial charge in [0, 0.05) is 0 Å². The smallest absolute Gasteiger partial charge is 0.316 e. The second kappa shape index (κ2) is 37.0. The van der Waals surface area contributed by atoms with Crippen LogP contribution in [0.25, 0.3) is 0 Å². The van der Waals surface area contributed by atoms with Crippen molar-refractivity contribution in [1.29, 1.82) is 0 Å². The molecule has 0 aromatic carbocycles. The fourth-order valence-electron chi connectivity index (χ4n) is 0. The Labute approximate surface area is 45.4 Å². The standard InChI is InChI=1S/ClHO.Mg.H2O.2H/c1-2;;;;/h2H;;1H2;;. The molecule has 0 saturated carbocycles. The number of rotatable bonds is 0. The van der Waals surface area contributed by atoms with E-state index in [0.29, 0.717) is 0 Å². The van der Waals surface area contributed by atoms with E-state index >= 15 is 0 Å². The van der Waals surface area contributed by atoms with Crippen LogP contribution in [0, 0.1) is 0 Å². The molecule has 4 heavy (non-hydrogen) atoms. The van der Waals surface area contributed by atoms with Crippen LogP contribution in [0.1, 0.15) is 0 Å². The van der Waals surface area contributed by atoms with Crippen LogP contribution < -0.4 is 0 Å². The van der Waals surface area contributed by atoms with Crippen molar-refractivity contribution in [3.8, 4) is 0 Å². The van der Waals surface area contributed by atoms with Gasteiger partial charge in [0.15, 0.2) is 0 Å². The molecule has 0 atom stereocenters. The molecule has 0 fully saturated rings. The Balaban J connectivity index is -0.00000000500. The van der Waals surface area contributed by atoms with E-state index in [0.717, 1.165) is 0 Å². The van der Waals surface area contributed by atoms with Crippen molar-refractivity contribution in [3.05, 3.63) is 0 Å². The van der Waals surface area contributed by atoms with Gasteiger partial charge in [-0.3, -0.25) is 4.66 Å². The summed E-state index contributed by atoms with van der Waals surface area (Å²) < 4.78 is 6.47. The Kier molecular flexibility index (Phi) is 186. The summed E-state index contributed by atoms with van der Waals surface area (Å²) in [6, 6.07) is 0. The van der Waals surface area contributed by atoms with Crippen LogP contribution in [0.5, 0.6) is 0 Å². The molecule has 0 amide bonds. The number of hydrogen-bond donors (Lipinski definition) is 1. The highest BCUT2D eigenvalue weighted by molar-refractivity contribution is 6.04.